The number of carbonyl (C=O) groups excluding carboxylic acids is 6. The van der Waals surface area contributed by atoms with E-state index in [1.165, 1.54) is 0 Å². The Bertz CT molecular complexity index is 1870. The molecule has 4 aliphatic rings. The van der Waals surface area contributed by atoms with E-state index in [9.17, 15) is 19.2 Å². The molecule has 0 unspecified atom stereocenters. The molecule has 2 amide bonds. The van der Waals surface area contributed by atoms with Crippen molar-refractivity contribution in [3.05, 3.63) is 35.9 Å². The van der Waals surface area contributed by atoms with Crippen LogP contribution in [-0.2, 0) is 47.7 Å². The summed E-state index contributed by atoms with van der Waals surface area (Å²) in [5, 5.41) is 0. The molecule has 0 atom stereocenters. The summed E-state index contributed by atoms with van der Waals surface area (Å²) in [5.74, 6) is -6.52. The number of nitrogens with zero attached hydrogens (tertiary/aromatic N) is 6. The molecule has 4 aliphatic heterocycles. The zero-order valence-corrected chi connectivity index (χ0v) is 48.5. The van der Waals surface area contributed by atoms with E-state index in [0.717, 1.165) is 9.80 Å². The fraction of sp³-hybridized carbons (Fsp3) is 0.789. The highest BCUT2D eigenvalue weighted by Crippen LogP contribution is 2.42. The van der Waals surface area contributed by atoms with Crippen LogP contribution in [0, 0.1) is 0 Å². The summed E-state index contributed by atoms with van der Waals surface area (Å²) in [6.45, 7) is 30.7. The van der Waals surface area contributed by atoms with E-state index in [-0.39, 0.29) is 49.9 Å². The van der Waals surface area contributed by atoms with E-state index in [1.54, 1.807) is 30.3 Å². The lowest BCUT2D eigenvalue weighted by Crippen LogP contribution is -2.61. The summed E-state index contributed by atoms with van der Waals surface area (Å²) < 4.78 is 24.7. The highest BCUT2D eigenvalue weighted by Gasteiger charge is 2.49. The SMILES string of the molecule is CN1C(C)(C)CC(OC(=O)CN(CC(=O)OC2CC(C)(C)N(C)C(C)(C)C2)C(=O)C(C(=O)N(CC(=O)OC2CC(C)(C)N(C)C(C)(C)C2)CC(=O)OC2CC(C)(C)N(C)C(C)(C)C2)c2ccccc2)CC1(C)C. The van der Waals surface area contributed by atoms with Crippen molar-refractivity contribution in [3.63, 3.8) is 0 Å². The number of amides is 2. The molecule has 5 rings (SSSR count). The molecule has 0 radical (unpaired) electrons. The van der Waals surface area contributed by atoms with Crippen LogP contribution in [0.5, 0.6) is 0 Å². The number of rotatable bonds is 15. The minimum atomic E-state index is -1.72. The molecule has 0 aromatic heterocycles. The molecular weight excluding hydrogens is 929 g/mol. The molecule has 4 saturated heterocycles. The average Bonchev–Trinajstić information content (AvgIpc) is 3.22. The van der Waals surface area contributed by atoms with E-state index < -0.39 is 92.2 Å². The third-order valence-corrected chi connectivity index (χ3v) is 17.8. The molecular formula is C57H94N6O10. The van der Waals surface area contributed by atoms with Crippen LogP contribution >= 0.6 is 0 Å². The number of hydrogen-bond acceptors (Lipinski definition) is 14. The third-order valence-electron chi connectivity index (χ3n) is 17.8. The van der Waals surface area contributed by atoms with Gasteiger partial charge in [-0.3, -0.25) is 48.4 Å². The van der Waals surface area contributed by atoms with Crippen molar-refractivity contribution in [2.45, 2.75) is 237 Å². The topological polar surface area (TPSA) is 159 Å². The zero-order chi connectivity index (χ0) is 55.2. The fourth-order valence-electron chi connectivity index (χ4n) is 12.8. The van der Waals surface area contributed by atoms with E-state index in [0.29, 0.717) is 51.4 Å². The number of likely N-dealkylation sites (tertiary alicyclic amines) is 4. The summed E-state index contributed by atoms with van der Waals surface area (Å²) in [5.41, 5.74) is -2.35. The third kappa shape index (κ3) is 14.2. The largest absolute Gasteiger partial charge is 0.461 e. The number of ether oxygens (including phenoxy) is 4. The first-order valence-corrected chi connectivity index (χ1v) is 26.6. The standard InChI is InChI=1S/C57H94N6O10/c1-50(2)26-39(27-51(3,4)58(50)17)70-43(64)34-62(35-44(65)71-40-28-52(5,6)59(18)53(7,8)29-40)48(68)47(38-24-22-21-23-25-38)49(69)63(36-45(66)72-41-30-54(9,10)60(19)55(11,12)31-41)37-46(67)73-42-32-56(13,14)61(20)57(15,16)33-42/h21-25,39-42,47H,26-37H2,1-20H3. The van der Waals surface area contributed by atoms with Gasteiger partial charge in [0.05, 0.1) is 0 Å². The van der Waals surface area contributed by atoms with Crippen molar-refractivity contribution in [1.29, 1.82) is 0 Å². The summed E-state index contributed by atoms with van der Waals surface area (Å²) in [6.07, 6.45) is 2.24. The Balaban J connectivity index is 1.51. The number of benzene rings is 1. The maximum Gasteiger partial charge on any atom is 0.325 e. The van der Waals surface area contributed by atoms with Gasteiger partial charge in [-0.2, -0.15) is 0 Å². The Morgan fingerprint density at radius 2 is 0.589 bits per heavy atom. The first kappa shape index (κ1) is 59.8. The van der Waals surface area contributed by atoms with E-state index in [1.807, 2.05) is 28.2 Å². The van der Waals surface area contributed by atoms with E-state index in [2.05, 4.69) is 130 Å². The van der Waals surface area contributed by atoms with Crippen LogP contribution in [-0.4, -0.2) is 188 Å². The van der Waals surface area contributed by atoms with Gasteiger partial charge in [0.15, 0.2) is 0 Å². The lowest BCUT2D eigenvalue weighted by Gasteiger charge is -2.53. The smallest absolute Gasteiger partial charge is 0.325 e. The van der Waals surface area contributed by atoms with Crippen molar-refractivity contribution >= 4 is 35.7 Å². The molecule has 0 saturated carbocycles. The van der Waals surface area contributed by atoms with Crippen LogP contribution in [0.25, 0.3) is 0 Å². The average molecular weight is 1020 g/mol. The predicted molar refractivity (Wildman–Crippen MR) is 282 cm³/mol. The quantitative estimate of drug-likeness (QED) is 0.0986. The minimum Gasteiger partial charge on any atom is -0.461 e. The second-order valence-electron chi connectivity index (χ2n) is 27.0. The summed E-state index contributed by atoms with van der Waals surface area (Å²) in [4.78, 5) is 99.1. The molecule has 16 heteroatoms. The molecule has 412 valence electrons. The lowest BCUT2D eigenvalue weighted by molar-refractivity contribution is -0.169. The number of carbonyl (C=O) groups is 6. The van der Waals surface area contributed by atoms with Crippen molar-refractivity contribution in [3.8, 4) is 0 Å². The second kappa shape index (κ2) is 21.5. The van der Waals surface area contributed by atoms with Gasteiger partial charge in [-0.25, -0.2) is 0 Å². The summed E-state index contributed by atoms with van der Waals surface area (Å²) in [6, 6.07) is 8.27. The van der Waals surface area contributed by atoms with Crippen molar-refractivity contribution in [2.75, 3.05) is 54.4 Å². The van der Waals surface area contributed by atoms with Gasteiger partial charge in [0.2, 0.25) is 11.8 Å². The van der Waals surface area contributed by atoms with Crippen LogP contribution in [0.3, 0.4) is 0 Å². The highest BCUT2D eigenvalue weighted by atomic mass is 16.6. The maximum absolute atomic E-state index is 15.5. The van der Waals surface area contributed by atoms with Crippen molar-refractivity contribution in [1.82, 2.24) is 29.4 Å². The highest BCUT2D eigenvalue weighted by molar-refractivity contribution is 6.08. The number of piperidine rings is 4. The van der Waals surface area contributed by atoms with E-state index >= 15 is 9.59 Å². The minimum absolute atomic E-state index is 0.228. The van der Waals surface area contributed by atoms with Crippen LogP contribution in [0.1, 0.15) is 174 Å². The first-order valence-electron chi connectivity index (χ1n) is 26.6. The van der Waals surface area contributed by atoms with Gasteiger partial charge < -0.3 is 28.7 Å². The van der Waals surface area contributed by atoms with Gasteiger partial charge in [0, 0.05) is 95.7 Å². The fourth-order valence-corrected chi connectivity index (χ4v) is 12.8. The van der Waals surface area contributed by atoms with Crippen LogP contribution in [0.4, 0.5) is 0 Å². The Kier molecular flexibility index (Phi) is 17.6. The maximum atomic E-state index is 15.5. The van der Waals surface area contributed by atoms with Gasteiger partial charge in [-0.05, 0) is 145 Å². The zero-order valence-electron chi connectivity index (χ0n) is 48.5. The number of hydrogen-bond donors (Lipinski definition) is 0. The van der Waals surface area contributed by atoms with Crippen LogP contribution < -0.4 is 0 Å². The molecule has 1 aromatic rings. The van der Waals surface area contributed by atoms with E-state index in [4.69, 9.17) is 18.9 Å². The van der Waals surface area contributed by atoms with Gasteiger partial charge in [-0.15, -0.1) is 0 Å². The molecule has 16 nitrogen and oxygen atoms in total. The predicted octanol–water partition coefficient (Wildman–Crippen LogP) is 7.21. The first-order chi connectivity index (χ1) is 33.2. The Morgan fingerprint density at radius 3 is 0.781 bits per heavy atom. The molecule has 0 spiro atoms. The molecule has 1 aromatic carbocycles. The normalized spacial score (nSPS) is 24.3. The molecule has 4 heterocycles. The van der Waals surface area contributed by atoms with Crippen LogP contribution in [0.2, 0.25) is 0 Å². The Labute approximate surface area is 438 Å². The van der Waals surface area contributed by atoms with Gasteiger partial charge in [0.25, 0.3) is 0 Å². The van der Waals surface area contributed by atoms with Gasteiger partial charge in [0.1, 0.15) is 56.5 Å². The second-order valence-corrected chi connectivity index (χ2v) is 27.0. The molecule has 0 bridgehead atoms. The molecule has 4 fully saturated rings. The molecule has 73 heavy (non-hydrogen) atoms. The summed E-state index contributed by atoms with van der Waals surface area (Å²) >= 11 is 0. The lowest BCUT2D eigenvalue weighted by atomic mass is 9.79. The monoisotopic (exact) mass is 1020 g/mol. The summed E-state index contributed by atoms with van der Waals surface area (Å²) in [7, 11) is 8.19. The number of esters is 4. The van der Waals surface area contributed by atoms with Crippen molar-refractivity contribution in [2.24, 2.45) is 0 Å². The molecule has 0 aliphatic carbocycles. The molecule has 0 N–H and O–H groups in total. The van der Waals surface area contributed by atoms with Crippen molar-refractivity contribution < 1.29 is 47.7 Å². The van der Waals surface area contributed by atoms with Crippen LogP contribution in [0.15, 0.2) is 30.3 Å². The Morgan fingerprint density at radius 1 is 0.397 bits per heavy atom. The van der Waals surface area contributed by atoms with Gasteiger partial charge in [-0.1, -0.05) is 30.3 Å². The van der Waals surface area contributed by atoms with Gasteiger partial charge >= 0.3 is 23.9 Å². The Hall–Kier alpha value is -4.12.